The van der Waals surface area contributed by atoms with Gasteiger partial charge in [-0.1, -0.05) is 42.5 Å². The number of aliphatic imine (C=N–C) groups is 1. The van der Waals surface area contributed by atoms with Crippen LogP contribution in [0.15, 0.2) is 59.6 Å². The largest absolute Gasteiger partial charge is 0.356 e. The van der Waals surface area contributed by atoms with E-state index in [1.807, 2.05) is 12.1 Å². The molecule has 7 heteroatoms. The maximum atomic E-state index is 10.9. The second kappa shape index (κ2) is 11.0. The first-order valence-electron chi connectivity index (χ1n) is 9.41. The highest BCUT2D eigenvalue weighted by Crippen LogP contribution is 2.12. The number of non-ortho nitro benzene ring substituents is 1. The number of benzene rings is 2. The van der Waals surface area contributed by atoms with Gasteiger partial charge in [0.05, 0.1) is 4.92 Å². The molecule has 7 nitrogen and oxygen atoms in total. The standard InChI is InChI=1S/C21H29N5O2/c1-17(25(3)16-18-8-5-4-6-9-18)12-13-23-21(22-2)24-15-19-10-7-11-20(14-19)26(27)28/h4-11,14,17H,12-13,15-16H2,1-3H3,(H2,22,23,24). The van der Waals surface area contributed by atoms with Gasteiger partial charge in [-0.3, -0.25) is 20.0 Å². The molecule has 0 spiro atoms. The molecule has 0 fully saturated rings. The van der Waals surface area contributed by atoms with Gasteiger partial charge >= 0.3 is 0 Å². The highest BCUT2D eigenvalue weighted by molar-refractivity contribution is 5.79. The van der Waals surface area contributed by atoms with Crippen LogP contribution >= 0.6 is 0 Å². The molecule has 2 rings (SSSR count). The molecule has 150 valence electrons. The van der Waals surface area contributed by atoms with Crippen molar-refractivity contribution in [2.75, 3.05) is 20.6 Å². The molecule has 1 atom stereocenters. The Balaban J connectivity index is 1.74. The summed E-state index contributed by atoms with van der Waals surface area (Å²) in [6, 6.07) is 17.5. The predicted octanol–water partition coefficient (Wildman–Crippen LogP) is 3.17. The lowest BCUT2D eigenvalue weighted by atomic mass is 10.1. The van der Waals surface area contributed by atoms with Crippen molar-refractivity contribution in [1.29, 1.82) is 0 Å². The fraction of sp³-hybridized carbons (Fsp3) is 0.381. The first-order chi connectivity index (χ1) is 13.5. The predicted molar refractivity (Wildman–Crippen MR) is 113 cm³/mol. The van der Waals surface area contributed by atoms with Crippen LogP contribution in [0.1, 0.15) is 24.5 Å². The Morgan fingerprint density at radius 1 is 1.14 bits per heavy atom. The molecule has 0 saturated carbocycles. The lowest BCUT2D eigenvalue weighted by Crippen LogP contribution is -2.39. The molecular formula is C21H29N5O2. The van der Waals surface area contributed by atoms with Gasteiger partial charge in [0.1, 0.15) is 0 Å². The summed E-state index contributed by atoms with van der Waals surface area (Å²) in [5.74, 6) is 0.685. The summed E-state index contributed by atoms with van der Waals surface area (Å²) in [6.45, 7) is 4.39. The molecule has 0 amide bonds. The van der Waals surface area contributed by atoms with Gasteiger partial charge in [0, 0.05) is 44.9 Å². The Morgan fingerprint density at radius 2 is 1.86 bits per heavy atom. The third-order valence-corrected chi connectivity index (χ3v) is 4.69. The Hall–Kier alpha value is -2.93. The van der Waals surface area contributed by atoms with Gasteiger partial charge < -0.3 is 10.6 Å². The van der Waals surface area contributed by atoms with Crippen molar-refractivity contribution in [3.63, 3.8) is 0 Å². The van der Waals surface area contributed by atoms with Crippen LogP contribution in [-0.2, 0) is 13.1 Å². The molecule has 28 heavy (non-hydrogen) atoms. The number of nitrogens with zero attached hydrogens (tertiary/aromatic N) is 3. The molecule has 0 aliphatic heterocycles. The Morgan fingerprint density at radius 3 is 2.54 bits per heavy atom. The smallest absolute Gasteiger partial charge is 0.269 e. The van der Waals surface area contributed by atoms with Crippen molar-refractivity contribution < 1.29 is 4.92 Å². The third kappa shape index (κ3) is 7.00. The first kappa shape index (κ1) is 21.4. The second-order valence-corrected chi connectivity index (χ2v) is 6.82. The van der Waals surface area contributed by atoms with Gasteiger partial charge in [0.15, 0.2) is 5.96 Å². The Kier molecular flexibility index (Phi) is 8.42. The maximum absolute atomic E-state index is 10.9. The number of hydrogen-bond donors (Lipinski definition) is 2. The van der Waals surface area contributed by atoms with Crippen LogP contribution in [0.25, 0.3) is 0 Å². The van der Waals surface area contributed by atoms with E-state index in [1.54, 1.807) is 19.2 Å². The average molecular weight is 383 g/mol. The minimum atomic E-state index is -0.385. The summed E-state index contributed by atoms with van der Waals surface area (Å²) in [6.07, 6.45) is 0.973. The van der Waals surface area contributed by atoms with E-state index < -0.39 is 0 Å². The average Bonchev–Trinajstić information content (AvgIpc) is 2.71. The molecule has 1 unspecified atom stereocenters. The van der Waals surface area contributed by atoms with E-state index in [0.29, 0.717) is 18.5 Å². The molecule has 0 aliphatic rings. The van der Waals surface area contributed by atoms with E-state index in [1.165, 1.54) is 11.6 Å². The Bertz CT molecular complexity index is 779. The molecule has 0 aliphatic carbocycles. The molecule has 0 saturated heterocycles. The lowest BCUT2D eigenvalue weighted by Gasteiger charge is -2.25. The minimum absolute atomic E-state index is 0.0949. The van der Waals surface area contributed by atoms with Gasteiger partial charge in [0.2, 0.25) is 0 Å². The molecular weight excluding hydrogens is 354 g/mol. The molecule has 0 aromatic heterocycles. The van der Waals surface area contributed by atoms with Crippen molar-refractivity contribution >= 4 is 11.6 Å². The van der Waals surface area contributed by atoms with Crippen LogP contribution in [0.3, 0.4) is 0 Å². The van der Waals surface area contributed by atoms with Gasteiger partial charge in [-0.05, 0) is 31.5 Å². The zero-order valence-corrected chi connectivity index (χ0v) is 16.8. The van der Waals surface area contributed by atoms with Crippen molar-refractivity contribution in [2.24, 2.45) is 4.99 Å². The van der Waals surface area contributed by atoms with Crippen LogP contribution < -0.4 is 10.6 Å². The topological polar surface area (TPSA) is 82.8 Å². The van der Waals surface area contributed by atoms with Gasteiger partial charge in [-0.2, -0.15) is 0 Å². The van der Waals surface area contributed by atoms with Gasteiger partial charge in [0.25, 0.3) is 5.69 Å². The molecule has 2 aromatic carbocycles. The SMILES string of the molecule is CN=C(NCCC(C)N(C)Cc1ccccc1)NCc1cccc([N+](=O)[O-])c1. The van der Waals surface area contributed by atoms with Crippen LogP contribution in [0.4, 0.5) is 5.69 Å². The highest BCUT2D eigenvalue weighted by Gasteiger charge is 2.10. The lowest BCUT2D eigenvalue weighted by molar-refractivity contribution is -0.384. The van der Waals surface area contributed by atoms with Crippen molar-refractivity contribution in [2.45, 2.75) is 32.5 Å². The zero-order chi connectivity index (χ0) is 20.4. The quantitative estimate of drug-likeness (QED) is 0.301. The van der Waals surface area contributed by atoms with Crippen LogP contribution in [0.2, 0.25) is 0 Å². The summed E-state index contributed by atoms with van der Waals surface area (Å²) < 4.78 is 0. The number of nitrogens with one attached hydrogen (secondary N) is 2. The maximum Gasteiger partial charge on any atom is 0.269 e. The van der Waals surface area contributed by atoms with Crippen molar-refractivity contribution in [3.05, 3.63) is 75.8 Å². The second-order valence-electron chi connectivity index (χ2n) is 6.82. The number of nitro benzene ring substituents is 1. The van der Waals surface area contributed by atoms with Gasteiger partial charge in [-0.15, -0.1) is 0 Å². The summed E-state index contributed by atoms with van der Waals surface area (Å²) in [4.78, 5) is 17.0. The van der Waals surface area contributed by atoms with Crippen LogP contribution in [0.5, 0.6) is 0 Å². The molecule has 2 aromatic rings. The fourth-order valence-electron chi connectivity index (χ4n) is 2.83. The van der Waals surface area contributed by atoms with Crippen molar-refractivity contribution in [1.82, 2.24) is 15.5 Å². The third-order valence-electron chi connectivity index (χ3n) is 4.69. The minimum Gasteiger partial charge on any atom is -0.356 e. The van der Waals surface area contributed by atoms with E-state index in [-0.39, 0.29) is 10.6 Å². The molecule has 0 heterocycles. The van der Waals surface area contributed by atoms with E-state index in [9.17, 15) is 10.1 Å². The summed E-state index contributed by atoms with van der Waals surface area (Å²) in [5, 5.41) is 17.4. The monoisotopic (exact) mass is 383 g/mol. The number of guanidine groups is 1. The van der Waals surface area contributed by atoms with E-state index in [2.05, 4.69) is 58.8 Å². The first-order valence-corrected chi connectivity index (χ1v) is 9.41. The molecule has 0 bridgehead atoms. The normalized spacial score (nSPS) is 12.6. The summed E-state index contributed by atoms with van der Waals surface area (Å²) >= 11 is 0. The van der Waals surface area contributed by atoms with Crippen LogP contribution in [0, 0.1) is 10.1 Å². The van der Waals surface area contributed by atoms with Crippen LogP contribution in [-0.4, -0.2) is 42.5 Å². The number of nitro groups is 1. The fourth-order valence-corrected chi connectivity index (χ4v) is 2.83. The summed E-state index contributed by atoms with van der Waals surface area (Å²) in [7, 11) is 3.85. The van der Waals surface area contributed by atoms with E-state index in [0.717, 1.165) is 25.1 Å². The van der Waals surface area contributed by atoms with E-state index in [4.69, 9.17) is 0 Å². The van der Waals surface area contributed by atoms with E-state index >= 15 is 0 Å². The zero-order valence-electron chi connectivity index (χ0n) is 16.8. The molecule has 2 N–H and O–H groups in total. The van der Waals surface area contributed by atoms with Gasteiger partial charge in [-0.25, -0.2) is 0 Å². The Labute approximate surface area is 166 Å². The number of hydrogen-bond acceptors (Lipinski definition) is 4. The molecule has 0 radical (unpaired) electrons. The number of rotatable bonds is 9. The van der Waals surface area contributed by atoms with Crippen molar-refractivity contribution in [3.8, 4) is 0 Å². The summed E-state index contributed by atoms with van der Waals surface area (Å²) in [5.41, 5.74) is 2.24. The highest BCUT2D eigenvalue weighted by atomic mass is 16.6.